The molecule has 0 radical (unpaired) electrons. The van der Waals surface area contributed by atoms with Gasteiger partial charge in [-0.3, -0.25) is 0 Å². The summed E-state index contributed by atoms with van der Waals surface area (Å²) in [7, 11) is 0. The molecule has 1 rings (SSSR count). The molecule has 1 aliphatic carbocycles. The molecule has 0 heterocycles. The fourth-order valence-electron chi connectivity index (χ4n) is 0.250. The molecule has 1 aliphatic rings. The number of hydrogen-bond donors (Lipinski definition) is 0. The lowest BCUT2D eigenvalue weighted by Crippen LogP contribution is -1.85. The Bertz CT molecular complexity index is 8.00. The van der Waals surface area contributed by atoms with Crippen LogP contribution in [0.3, 0.4) is 0 Å². The quantitative estimate of drug-likeness (QED) is 0.396. The van der Waals surface area contributed by atoms with E-state index in [2.05, 4.69) is 0 Å². The summed E-state index contributed by atoms with van der Waals surface area (Å²) in [6, 6.07) is 0. The third-order valence-corrected chi connectivity index (χ3v) is 1.000. The van der Waals surface area contributed by atoms with E-state index in [-0.39, 0.29) is 7.43 Å². The summed E-state index contributed by atoms with van der Waals surface area (Å²) >= 11 is 0. The zero-order valence-corrected chi connectivity index (χ0v) is 22.8. The molecule has 1 fully saturated rings. The molecule has 0 heteroatoms. The van der Waals surface area contributed by atoms with Crippen molar-refractivity contribution in [2.24, 2.45) is 0 Å². The summed E-state index contributed by atoms with van der Waals surface area (Å²) in [5.41, 5.74) is 0. The highest BCUT2D eigenvalue weighted by Crippen LogP contribution is 2.15. The fourth-order valence-corrected chi connectivity index (χ4v) is 0.250. The molecule has 1 saturated carbocycles. The number of hydrogen-bond acceptors (Lipinski definition) is 0. The third-order valence-electron chi connectivity index (χ3n) is 1.000. The van der Waals surface area contributed by atoms with E-state index in [1.54, 1.807) is 0 Å². The first kappa shape index (κ1) is 73.5. The second-order valence-corrected chi connectivity index (χ2v) is 1.41. The van der Waals surface area contributed by atoms with Gasteiger partial charge in [-0.1, -0.05) is 172 Å². The lowest BCUT2D eigenvalue weighted by atomic mass is 10.0. The van der Waals surface area contributed by atoms with Gasteiger partial charge < -0.3 is 0 Å². The minimum atomic E-state index is 0. The second-order valence-electron chi connectivity index (χ2n) is 1.41. The van der Waals surface area contributed by atoms with Crippen molar-refractivity contribution in [1.29, 1.82) is 0 Å². The molecule has 0 aromatic heterocycles. The van der Waals surface area contributed by atoms with Crippen molar-refractivity contribution in [3.8, 4) is 0 Å². The smallest absolute Gasteiger partial charge is 0.0533 e. The second kappa shape index (κ2) is 794. The summed E-state index contributed by atoms with van der Waals surface area (Å²) in [4.78, 5) is 0. The van der Waals surface area contributed by atoms with Gasteiger partial charge >= 0.3 is 0 Å². The van der Waals surface area contributed by atoms with E-state index < -0.39 is 0 Å². The van der Waals surface area contributed by atoms with Gasteiger partial charge in [-0.2, -0.15) is 0 Å². The van der Waals surface area contributed by atoms with Crippen molar-refractivity contribution in [2.45, 2.75) is 172 Å². The molecule has 0 spiro atoms. The topological polar surface area (TPSA) is 0 Å². The summed E-state index contributed by atoms with van der Waals surface area (Å²) in [5, 5.41) is 0. The zero-order valence-electron chi connectivity index (χ0n) is 22.8. The molecule has 172 valence electrons. The number of rotatable bonds is 0. The van der Waals surface area contributed by atoms with Crippen LogP contribution in [0, 0.1) is 0 Å². The van der Waals surface area contributed by atoms with E-state index in [9.17, 15) is 0 Å². The lowest BCUT2D eigenvalue weighted by Gasteiger charge is -2.05. The van der Waals surface area contributed by atoms with Crippen molar-refractivity contribution >= 4 is 0 Å². The fraction of sp³-hybridized carbons (Fsp3) is 1.00. The Morgan fingerprint density at radius 1 is 0.200 bits per heavy atom. The Morgan fingerprint density at radius 2 is 0.240 bits per heavy atom. The maximum absolute atomic E-state index is 2.00. The van der Waals surface area contributed by atoms with Crippen LogP contribution < -0.4 is 0 Å². The van der Waals surface area contributed by atoms with Crippen LogP contribution >= 0.6 is 0 Å². The van der Waals surface area contributed by atoms with Crippen molar-refractivity contribution in [2.75, 3.05) is 0 Å². The molecule has 0 N–H and O–H groups in total. The van der Waals surface area contributed by atoms with Crippen molar-refractivity contribution < 1.29 is 0 Å². The standard InChI is InChI=1S/C4H8.10C2H6.CH4/c1-2-4-3-1;10*1-2;/h1-4H2;10*1-2H3;1H4. The highest BCUT2D eigenvalue weighted by Gasteiger charge is 1.95. The first-order chi connectivity index (χ1) is 12.0. The molecule has 0 bridgehead atoms. The molecule has 0 atom stereocenters. The van der Waals surface area contributed by atoms with E-state index in [1.165, 1.54) is 25.7 Å². The van der Waals surface area contributed by atoms with Crippen molar-refractivity contribution in [3.05, 3.63) is 0 Å². The van der Waals surface area contributed by atoms with Crippen LogP contribution in [0.15, 0.2) is 0 Å². The third kappa shape index (κ3) is 726. The van der Waals surface area contributed by atoms with Gasteiger partial charge in [0.2, 0.25) is 0 Å². The highest BCUT2D eigenvalue weighted by atomic mass is 14.0. The van der Waals surface area contributed by atoms with Crippen molar-refractivity contribution in [1.82, 2.24) is 0 Å². The van der Waals surface area contributed by atoms with Crippen LogP contribution in [0.5, 0.6) is 0 Å². The minimum Gasteiger partial charge on any atom is -0.0776 e. The monoisotopic (exact) mass is 373 g/mol. The largest absolute Gasteiger partial charge is 0.0776 e. The van der Waals surface area contributed by atoms with Gasteiger partial charge in [0.05, 0.1) is 0 Å². The highest BCUT2D eigenvalue weighted by molar-refractivity contribution is 4.50. The van der Waals surface area contributed by atoms with Gasteiger partial charge in [-0.05, 0) is 0 Å². The van der Waals surface area contributed by atoms with Crippen LogP contribution in [-0.2, 0) is 0 Å². The average Bonchev–Trinajstić information content (AvgIpc) is 2.75. The van der Waals surface area contributed by atoms with Crippen LogP contribution in [0.25, 0.3) is 0 Å². The zero-order chi connectivity index (χ0) is 22.8. The lowest BCUT2D eigenvalue weighted by molar-refractivity contribution is 0.504. The molecule has 0 aromatic rings. The summed E-state index contributed by atoms with van der Waals surface area (Å²) in [6.45, 7) is 40.0. The first-order valence-electron chi connectivity index (χ1n) is 12.0. The predicted molar refractivity (Wildman–Crippen MR) is 139 cm³/mol. The Balaban J connectivity index is -0.00000000973. The van der Waals surface area contributed by atoms with Gasteiger partial charge in [0, 0.05) is 0 Å². The molecule has 0 aromatic carbocycles. The van der Waals surface area contributed by atoms with Crippen LogP contribution in [0.2, 0.25) is 0 Å². The summed E-state index contributed by atoms with van der Waals surface area (Å²) < 4.78 is 0. The van der Waals surface area contributed by atoms with E-state index >= 15 is 0 Å². The van der Waals surface area contributed by atoms with Crippen LogP contribution in [-0.4, -0.2) is 0 Å². The van der Waals surface area contributed by atoms with E-state index in [0.29, 0.717) is 0 Å². The maximum atomic E-state index is 2.00. The average molecular weight is 373 g/mol. The van der Waals surface area contributed by atoms with Gasteiger partial charge in [-0.25, -0.2) is 0 Å². The Hall–Kier alpha value is 0. The Morgan fingerprint density at radius 3 is 0.240 bits per heavy atom. The molecule has 0 aliphatic heterocycles. The van der Waals surface area contributed by atoms with Gasteiger partial charge in [-0.15, -0.1) is 0 Å². The Kier molecular flexibility index (Phi) is 2330. The van der Waals surface area contributed by atoms with Crippen molar-refractivity contribution in [3.63, 3.8) is 0 Å². The van der Waals surface area contributed by atoms with Crippen LogP contribution in [0.4, 0.5) is 0 Å². The van der Waals surface area contributed by atoms with E-state index in [1.807, 2.05) is 138 Å². The molecule has 0 nitrogen and oxygen atoms in total. The normalized spacial score (nSPS) is 6.24. The van der Waals surface area contributed by atoms with Gasteiger partial charge in [0.15, 0.2) is 0 Å². The van der Waals surface area contributed by atoms with E-state index in [4.69, 9.17) is 0 Å². The molecule has 0 saturated heterocycles. The molecule has 0 amide bonds. The van der Waals surface area contributed by atoms with E-state index in [0.717, 1.165) is 0 Å². The van der Waals surface area contributed by atoms with Gasteiger partial charge in [0.1, 0.15) is 0 Å². The van der Waals surface area contributed by atoms with Crippen LogP contribution in [0.1, 0.15) is 172 Å². The molecular formula is C25H72. The predicted octanol–water partition coefficient (Wildman–Crippen LogP) is 12.5. The van der Waals surface area contributed by atoms with Gasteiger partial charge in [0.25, 0.3) is 0 Å². The molecule has 0 unspecified atom stereocenters. The first-order valence-corrected chi connectivity index (χ1v) is 12.0. The molecule has 25 heavy (non-hydrogen) atoms. The Labute approximate surface area is 172 Å². The molecular weight excluding hydrogens is 300 g/mol. The summed E-state index contributed by atoms with van der Waals surface area (Å²) in [6.07, 6.45) is 6.00. The summed E-state index contributed by atoms with van der Waals surface area (Å²) in [5.74, 6) is 0. The minimum absolute atomic E-state index is 0. The maximum Gasteiger partial charge on any atom is -0.0533 e. The SMILES string of the molecule is C.C1CCC1.CC.CC.CC.CC.CC.CC.CC.CC.CC.CC.